The summed E-state index contributed by atoms with van der Waals surface area (Å²) in [6.45, 7) is 11.2. The fourth-order valence-corrected chi connectivity index (χ4v) is 5.67. The van der Waals surface area contributed by atoms with Gasteiger partial charge in [0.05, 0.1) is 31.7 Å². The van der Waals surface area contributed by atoms with Gasteiger partial charge in [0.2, 0.25) is 5.95 Å². The molecule has 0 atom stereocenters. The molecule has 12 nitrogen and oxygen atoms in total. The van der Waals surface area contributed by atoms with E-state index < -0.39 is 5.60 Å². The molecule has 2 aliphatic rings. The third kappa shape index (κ3) is 7.24. The van der Waals surface area contributed by atoms with Gasteiger partial charge < -0.3 is 29.3 Å². The first-order chi connectivity index (χ1) is 20.6. The van der Waals surface area contributed by atoms with Crippen LogP contribution >= 0.6 is 0 Å². The lowest BCUT2D eigenvalue weighted by molar-refractivity contribution is 0.0240. The van der Waals surface area contributed by atoms with Crippen molar-refractivity contribution >= 4 is 34.6 Å². The summed E-state index contributed by atoms with van der Waals surface area (Å²) in [7, 11) is 1.63. The molecule has 1 aliphatic heterocycles. The fourth-order valence-electron chi connectivity index (χ4n) is 5.67. The van der Waals surface area contributed by atoms with Gasteiger partial charge in [0.1, 0.15) is 17.1 Å². The van der Waals surface area contributed by atoms with E-state index in [1.54, 1.807) is 24.4 Å². The maximum atomic E-state index is 13.8. The quantitative estimate of drug-likeness (QED) is 0.353. The number of piperazine rings is 1. The van der Waals surface area contributed by atoms with E-state index in [1.807, 2.05) is 44.4 Å². The van der Waals surface area contributed by atoms with Crippen LogP contribution < -0.4 is 15.8 Å². The maximum absolute atomic E-state index is 13.8. The SMILES string of the molecule is COCCOCc1c(C)c2cnc(Nc3ccc(N4CCN(C(=O)OC(C)(C)C)CC4)cn3)nc2n(C2CCCC2)c1=O. The van der Waals surface area contributed by atoms with Crippen LogP contribution in [0.5, 0.6) is 0 Å². The van der Waals surface area contributed by atoms with Crippen molar-refractivity contribution < 1.29 is 19.0 Å². The lowest BCUT2D eigenvalue weighted by Gasteiger charge is -2.36. The number of nitrogens with one attached hydrogen (secondary N) is 1. The molecule has 232 valence electrons. The maximum Gasteiger partial charge on any atom is 0.410 e. The summed E-state index contributed by atoms with van der Waals surface area (Å²) in [5, 5.41) is 4.06. The highest BCUT2D eigenvalue weighted by molar-refractivity contribution is 5.80. The number of carbonyl (C=O) groups excluding carboxylic acids is 1. The van der Waals surface area contributed by atoms with Gasteiger partial charge in [-0.1, -0.05) is 12.8 Å². The molecular weight excluding hydrogens is 550 g/mol. The molecule has 0 bridgehead atoms. The number of nitrogens with zero attached hydrogens (tertiary/aromatic N) is 6. The predicted molar refractivity (Wildman–Crippen MR) is 165 cm³/mol. The first-order valence-electron chi connectivity index (χ1n) is 15.1. The number of hydrogen-bond acceptors (Lipinski definition) is 10. The average molecular weight is 594 g/mol. The van der Waals surface area contributed by atoms with Crippen LogP contribution in [0.4, 0.5) is 22.2 Å². The van der Waals surface area contributed by atoms with Crippen molar-refractivity contribution in [2.75, 3.05) is 56.7 Å². The van der Waals surface area contributed by atoms with Gasteiger partial charge in [-0.15, -0.1) is 0 Å². The van der Waals surface area contributed by atoms with Gasteiger partial charge in [-0.3, -0.25) is 9.36 Å². The Labute approximate surface area is 252 Å². The van der Waals surface area contributed by atoms with E-state index in [1.165, 1.54) is 0 Å². The van der Waals surface area contributed by atoms with E-state index in [2.05, 4.69) is 20.2 Å². The minimum Gasteiger partial charge on any atom is -0.444 e. The predicted octanol–water partition coefficient (Wildman–Crippen LogP) is 4.57. The number of rotatable bonds is 9. The molecular formula is C31H43N7O5. The number of carbonyl (C=O) groups is 1. The number of ether oxygens (including phenoxy) is 3. The van der Waals surface area contributed by atoms with Crippen molar-refractivity contribution in [3.63, 3.8) is 0 Å². The van der Waals surface area contributed by atoms with Crippen molar-refractivity contribution in [1.82, 2.24) is 24.4 Å². The van der Waals surface area contributed by atoms with Gasteiger partial charge in [0.15, 0.2) is 0 Å². The number of aromatic nitrogens is 4. The van der Waals surface area contributed by atoms with Crippen molar-refractivity contribution in [3.05, 3.63) is 46.0 Å². The standard InChI is InChI=1S/C31H43N7O5/c1-21-24-19-33-29(35-27(24)38(22-8-6-7-9-22)28(39)25(21)20-42-17-16-41-5)34-26-11-10-23(18-32-26)36-12-14-37(15-13-36)30(40)43-31(2,3)4/h10-11,18-19,22H,6-9,12-17,20H2,1-5H3,(H,32,33,34,35). The van der Waals surface area contributed by atoms with Gasteiger partial charge in [-0.2, -0.15) is 4.98 Å². The topological polar surface area (TPSA) is 124 Å². The Kier molecular flexibility index (Phi) is 9.46. The Morgan fingerprint density at radius 3 is 2.44 bits per heavy atom. The number of amides is 1. The summed E-state index contributed by atoms with van der Waals surface area (Å²) < 4.78 is 18.2. The minimum atomic E-state index is -0.509. The molecule has 1 saturated carbocycles. The van der Waals surface area contributed by atoms with Gasteiger partial charge in [-0.05, 0) is 58.2 Å². The van der Waals surface area contributed by atoms with Crippen LogP contribution in [0.15, 0.2) is 29.3 Å². The summed E-state index contributed by atoms with van der Waals surface area (Å²) in [4.78, 5) is 44.1. The van der Waals surface area contributed by atoms with E-state index in [0.717, 1.165) is 42.3 Å². The third-order valence-corrected chi connectivity index (χ3v) is 7.98. The highest BCUT2D eigenvalue weighted by atomic mass is 16.6. The van der Waals surface area contributed by atoms with E-state index in [4.69, 9.17) is 19.2 Å². The summed E-state index contributed by atoms with van der Waals surface area (Å²) >= 11 is 0. The molecule has 12 heteroatoms. The number of anilines is 3. The lowest BCUT2D eigenvalue weighted by Crippen LogP contribution is -2.50. The Hall–Kier alpha value is -3.77. The molecule has 0 spiro atoms. The number of aryl methyl sites for hydroxylation is 1. The lowest BCUT2D eigenvalue weighted by atomic mass is 10.1. The summed E-state index contributed by atoms with van der Waals surface area (Å²) in [5.41, 5.74) is 2.53. The molecule has 4 heterocycles. The third-order valence-electron chi connectivity index (χ3n) is 7.98. The first-order valence-corrected chi connectivity index (χ1v) is 15.1. The second kappa shape index (κ2) is 13.3. The Balaban J connectivity index is 1.31. The molecule has 1 N–H and O–H groups in total. The smallest absolute Gasteiger partial charge is 0.410 e. The Bertz CT molecular complexity index is 1470. The molecule has 1 amide bonds. The molecule has 43 heavy (non-hydrogen) atoms. The zero-order valence-electron chi connectivity index (χ0n) is 25.9. The molecule has 3 aromatic rings. The monoisotopic (exact) mass is 593 g/mol. The normalized spacial score (nSPS) is 16.2. The van der Waals surface area contributed by atoms with Crippen LogP contribution in [-0.2, 0) is 20.8 Å². The van der Waals surface area contributed by atoms with Crippen molar-refractivity contribution in [3.8, 4) is 0 Å². The van der Waals surface area contributed by atoms with Gasteiger partial charge in [0, 0.05) is 56.5 Å². The summed E-state index contributed by atoms with van der Waals surface area (Å²) in [6, 6.07) is 3.98. The van der Waals surface area contributed by atoms with Crippen LogP contribution in [-0.4, -0.2) is 82.6 Å². The molecule has 5 rings (SSSR count). The number of hydrogen-bond donors (Lipinski definition) is 1. The Morgan fingerprint density at radius 1 is 1.05 bits per heavy atom. The van der Waals surface area contributed by atoms with Crippen LogP contribution in [0.1, 0.15) is 63.6 Å². The minimum absolute atomic E-state index is 0.0480. The van der Waals surface area contributed by atoms with E-state index in [9.17, 15) is 9.59 Å². The first kappa shape index (κ1) is 30.7. The molecule has 0 unspecified atom stereocenters. The number of methoxy groups -OCH3 is 1. The molecule has 1 aliphatic carbocycles. The van der Waals surface area contributed by atoms with Gasteiger partial charge >= 0.3 is 6.09 Å². The van der Waals surface area contributed by atoms with E-state index >= 15 is 0 Å². The van der Waals surface area contributed by atoms with Crippen molar-refractivity contribution in [1.29, 1.82) is 0 Å². The van der Waals surface area contributed by atoms with Crippen LogP contribution in [0.3, 0.4) is 0 Å². The van der Waals surface area contributed by atoms with Crippen molar-refractivity contribution in [2.45, 2.75) is 71.6 Å². The zero-order chi connectivity index (χ0) is 30.6. The number of fused-ring (bicyclic) bond motifs is 1. The van der Waals surface area contributed by atoms with Crippen LogP contribution in [0, 0.1) is 6.92 Å². The molecule has 3 aromatic heterocycles. The molecule has 0 radical (unpaired) electrons. The van der Waals surface area contributed by atoms with Gasteiger partial charge in [-0.25, -0.2) is 14.8 Å². The van der Waals surface area contributed by atoms with Crippen molar-refractivity contribution in [2.24, 2.45) is 0 Å². The molecule has 1 saturated heterocycles. The largest absolute Gasteiger partial charge is 0.444 e. The van der Waals surface area contributed by atoms with Crippen LogP contribution in [0.2, 0.25) is 0 Å². The van der Waals surface area contributed by atoms with E-state index in [-0.39, 0.29) is 24.3 Å². The Morgan fingerprint density at radius 2 is 1.79 bits per heavy atom. The highest BCUT2D eigenvalue weighted by Crippen LogP contribution is 2.32. The van der Waals surface area contributed by atoms with Gasteiger partial charge in [0.25, 0.3) is 5.56 Å². The second-order valence-corrected chi connectivity index (χ2v) is 12.2. The van der Waals surface area contributed by atoms with Crippen LogP contribution in [0.25, 0.3) is 11.0 Å². The number of pyridine rings is 2. The zero-order valence-corrected chi connectivity index (χ0v) is 25.9. The van der Waals surface area contributed by atoms with E-state index in [0.29, 0.717) is 62.4 Å². The molecule has 0 aromatic carbocycles. The highest BCUT2D eigenvalue weighted by Gasteiger charge is 2.27. The molecule has 2 fully saturated rings. The summed E-state index contributed by atoms with van der Waals surface area (Å²) in [5.74, 6) is 0.985. The second-order valence-electron chi connectivity index (χ2n) is 12.2. The summed E-state index contributed by atoms with van der Waals surface area (Å²) in [6.07, 6.45) is 7.39. The average Bonchev–Trinajstić information content (AvgIpc) is 3.51. The fraction of sp³-hybridized carbons (Fsp3) is 0.581.